The van der Waals surface area contributed by atoms with Crippen LogP contribution >= 0.6 is 12.4 Å². The Hall–Kier alpha value is -1.92. The van der Waals surface area contributed by atoms with Gasteiger partial charge >= 0.3 is 0 Å². The lowest BCUT2D eigenvalue weighted by molar-refractivity contribution is 0.0722. The minimum absolute atomic E-state index is 0. The summed E-state index contributed by atoms with van der Waals surface area (Å²) in [5.74, 6) is 0.0348. The van der Waals surface area contributed by atoms with Crippen molar-refractivity contribution in [3.05, 3.63) is 47.0 Å². The summed E-state index contributed by atoms with van der Waals surface area (Å²) in [6, 6.07) is 4.26. The van der Waals surface area contributed by atoms with Crippen molar-refractivity contribution in [1.82, 2.24) is 25.4 Å². The van der Waals surface area contributed by atoms with Gasteiger partial charge in [-0.2, -0.15) is 5.10 Å². The highest BCUT2D eigenvalue weighted by molar-refractivity contribution is 5.94. The minimum atomic E-state index is 0. The average molecular weight is 334 g/mol. The van der Waals surface area contributed by atoms with Gasteiger partial charge in [-0.3, -0.25) is 14.9 Å². The molecule has 122 valence electrons. The van der Waals surface area contributed by atoms with E-state index in [-0.39, 0.29) is 18.3 Å². The van der Waals surface area contributed by atoms with E-state index in [1.54, 1.807) is 6.20 Å². The maximum atomic E-state index is 13.0. The third-order valence-corrected chi connectivity index (χ3v) is 4.33. The van der Waals surface area contributed by atoms with Crippen molar-refractivity contribution in [2.24, 2.45) is 0 Å². The highest BCUT2D eigenvalue weighted by Crippen LogP contribution is 2.30. The van der Waals surface area contributed by atoms with E-state index in [1.165, 1.54) is 0 Å². The van der Waals surface area contributed by atoms with E-state index in [2.05, 4.69) is 20.5 Å². The first-order valence-electron chi connectivity index (χ1n) is 7.79. The molecule has 7 heteroatoms. The number of hydrogen-bond donors (Lipinski definition) is 2. The molecular weight excluding hydrogens is 314 g/mol. The zero-order chi connectivity index (χ0) is 14.9. The number of rotatable bonds is 4. The molecule has 2 N–H and O–H groups in total. The molecule has 1 saturated carbocycles. The molecule has 0 atom stereocenters. The van der Waals surface area contributed by atoms with Gasteiger partial charge in [-0.05, 0) is 24.5 Å². The molecule has 3 heterocycles. The van der Waals surface area contributed by atoms with Crippen LogP contribution in [0.5, 0.6) is 0 Å². The van der Waals surface area contributed by atoms with E-state index >= 15 is 0 Å². The maximum absolute atomic E-state index is 13.0. The zero-order valence-electron chi connectivity index (χ0n) is 12.8. The van der Waals surface area contributed by atoms with Crippen LogP contribution in [0.15, 0.2) is 24.5 Å². The summed E-state index contributed by atoms with van der Waals surface area (Å²) >= 11 is 0. The molecule has 0 aromatic carbocycles. The number of nitrogens with zero attached hydrogens (tertiary/aromatic N) is 3. The van der Waals surface area contributed by atoms with E-state index < -0.39 is 0 Å². The van der Waals surface area contributed by atoms with Gasteiger partial charge < -0.3 is 10.2 Å². The monoisotopic (exact) mass is 333 g/mol. The van der Waals surface area contributed by atoms with Crippen molar-refractivity contribution in [1.29, 1.82) is 0 Å². The molecule has 0 unspecified atom stereocenters. The van der Waals surface area contributed by atoms with Gasteiger partial charge in [0, 0.05) is 55.7 Å². The number of nitrogens with one attached hydrogen (secondary N) is 2. The zero-order valence-corrected chi connectivity index (χ0v) is 13.6. The van der Waals surface area contributed by atoms with Gasteiger partial charge in [-0.15, -0.1) is 12.4 Å². The van der Waals surface area contributed by atoms with Gasteiger partial charge in [-0.1, -0.05) is 6.07 Å². The van der Waals surface area contributed by atoms with E-state index in [1.807, 2.05) is 23.2 Å². The lowest BCUT2D eigenvalue weighted by atomic mass is 10.1. The minimum Gasteiger partial charge on any atom is -0.330 e. The van der Waals surface area contributed by atoms with Gasteiger partial charge in [0.15, 0.2) is 5.69 Å². The number of halogens is 1. The van der Waals surface area contributed by atoms with Gasteiger partial charge in [0.2, 0.25) is 0 Å². The summed E-state index contributed by atoms with van der Waals surface area (Å²) in [7, 11) is 0. The third-order valence-electron chi connectivity index (χ3n) is 4.33. The topological polar surface area (TPSA) is 73.9 Å². The first-order chi connectivity index (χ1) is 10.8. The molecule has 2 aliphatic rings. The smallest absolute Gasteiger partial charge is 0.275 e. The summed E-state index contributed by atoms with van der Waals surface area (Å²) in [5.41, 5.74) is 3.77. The molecule has 6 nitrogen and oxygen atoms in total. The quantitative estimate of drug-likeness (QED) is 0.892. The van der Waals surface area contributed by atoms with Crippen molar-refractivity contribution in [2.75, 3.05) is 6.54 Å². The van der Waals surface area contributed by atoms with Gasteiger partial charge in [-0.25, -0.2) is 0 Å². The number of amides is 1. The Morgan fingerprint density at radius 2 is 2.26 bits per heavy atom. The summed E-state index contributed by atoms with van der Waals surface area (Å²) in [6.07, 6.45) is 6.64. The van der Waals surface area contributed by atoms with E-state index in [0.29, 0.717) is 18.3 Å². The van der Waals surface area contributed by atoms with Crippen LogP contribution in [0.25, 0.3) is 0 Å². The second-order valence-corrected chi connectivity index (χ2v) is 5.98. The highest BCUT2D eigenvalue weighted by atomic mass is 35.5. The van der Waals surface area contributed by atoms with Crippen LogP contribution in [0.3, 0.4) is 0 Å². The Balaban J connectivity index is 0.00000156. The SMILES string of the molecule is Cl.O=C(c1n[nH]c2c1CNCC2)N(Cc1cccnc1)C1CC1. The van der Waals surface area contributed by atoms with Crippen molar-refractivity contribution in [3.8, 4) is 0 Å². The number of aromatic nitrogens is 3. The summed E-state index contributed by atoms with van der Waals surface area (Å²) < 4.78 is 0. The van der Waals surface area contributed by atoms with Crippen LogP contribution in [0.2, 0.25) is 0 Å². The molecular formula is C16H20ClN5O. The number of hydrogen-bond acceptors (Lipinski definition) is 4. The fourth-order valence-electron chi connectivity index (χ4n) is 2.98. The van der Waals surface area contributed by atoms with Crippen LogP contribution in [-0.4, -0.2) is 38.6 Å². The Morgan fingerprint density at radius 1 is 1.39 bits per heavy atom. The number of aromatic amines is 1. The first kappa shape index (κ1) is 16.0. The molecule has 0 radical (unpaired) electrons. The standard InChI is InChI=1S/C16H19N5O.ClH/c22-16(15-13-9-18-7-5-14(13)19-20-15)21(12-3-4-12)10-11-2-1-6-17-8-11;/h1-2,6,8,12,18H,3-5,7,9-10H2,(H,19,20);1H. The highest BCUT2D eigenvalue weighted by Gasteiger charge is 2.35. The van der Waals surface area contributed by atoms with Gasteiger partial charge in [0.05, 0.1) is 0 Å². The molecule has 2 aromatic rings. The third kappa shape index (κ3) is 3.23. The molecule has 1 aliphatic carbocycles. The van der Waals surface area contributed by atoms with Crippen LogP contribution in [0.1, 0.15) is 40.2 Å². The number of carbonyl (C=O) groups excluding carboxylic acids is 1. The number of fused-ring (bicyclic) bond motifs is 1. The molecule has 23 heavy (non-hydrogen) atoms. The Kier molecular flexibility index (Phi) is 4.63. The molecule has 1 aliphatic heterocycles. The predicted octanol–water partition coefficient (Wildman–Crippen LogP) is 1.68. The first-order valence-corrected chi connectivity index (χ1v) is 7.79. The molecule has 0 saturated heterocycles. The van der Waals surface area contributed by atoms with E-state index in [4.69, 9.17) is 0 Å². The van der Waals surface area contributed by atoms with E-state index in [0.717, 1.165) is 49.2 Å². The van der Waals surface area contributed by atoms with Crippen molar-refractivity contribution in [3.63, 3.8) is 0 Å². The maximum Gasteiger partial charge on any atom is 0.275 e. The second-order valence-electron chi connectivity index (χ2n) is 5.98. The van der Waals surface area contributed by atoms with Crippen LogP contribution in [-0.2, 0) is 19.5 Å². The Bertz CT molecular complexity index is 683. The van der Waals surface area contributed by atoms with Gasteiger partial charge in [0.25, 0.3) is 5.91 Å². The molecule has 4 rings (SSSR count). The van der Waals surface area contributed by atoms with Crippen LogP contribution in [0, 0.1) is 0 Å². The average Bonchev–Trinajstić information content (AvgIpc) is 3.31. The van der Waals surface area contributed by atoms with Crippen molar-refractivity contribution < 1.29 is 4.79 Å². The molecule has 1 fully saturated rings. The molecule has 0 spiro atoms. The lowest BCUT2D eigenvalue weighted by Crippen LogP contribution is -2.34. The van der Waals surface area contributed by atoms with Gasteiger partial charge in [0.1, 0.15) is 0 Å². The summed E-state index contributed by atoms with van der Waals surface area (Å²) in [4.78, 5) is 19.0. The molecule has 1 amide bonds. The summed E-state index contributed by atoms with van der Waals surface area (Å²) in [6.45, 7) is 2.26. The van der Waals surface area contributed by atoms with Crippen LogP contribution in [0.4, 0.5) is 0 Å². The van der Waals surface area contributed by atoms with Crippen LogP contribution < -0.4 is 5.32 Å². The lowest BCUT2D eigenvalue weighted by Gasteiger charge is -2.22. The fraction of sp³-hybridized carbons (Fsp3) is 0.438. The largest absolute Gasteiger partial charge is 0.330 e. The van der Waals surface area contributed by atoms with E-state index in [9.17, 15) is 4.79 Å². The Labute approximate surface area is 141 Å². The van der Waals surface area contributed by atoms with Crippen molar-refractivity contribution >= 4 is 18.3 Å². The number of pyridine rings is 1. The Morgan fingerprint density at radius 3 is 3.00 bits per heavy atom. The summed E-state index contributed by atoms with van der Waals surface area (Å²) in [5, 5.41) is 10.6. The number of H-pyrrole nitrogens is 1. The number of carbonyl (C=O) groups is 1. The second kappa shape index (κ2) is 6.68. The molecule has 2 aromatic heterocycles. The normalized spacial score (nSPS) is 16.3. The fourth-order valence-corrected chi connectivity index (χ4v) is 2.98. The van der Waals surface area contributed by atoms with Crippen molar-refractivity contribution in [2.45, 2.75) is 38.4 Å². The predicted molar refractivity (Wildman–Crippen MR) is 88.4 cm³/mol. The molecule has 0 bridgehead atoms.